The maximum Gasteiger partial charge on any atom is 0.197 e. The SMILES string of the molecule is CC(C)Oc1ccc(F)cc1N1CCN(CC(=O)Cn2c(O)c3c(c2O)CC(O)C(O)C3)CC1. The van der Waals surface area contributed by atoms with E-state index < -0.39 is 12.2 Å². The molecule has 9 nitrogen and oxygen atoms in total. The third-order valence-corrected chi connectivity index (χ3v) is 6.42. The van der Waals surface area contributed by atoms with Gasteiger partial charge in [0, 0.05) is 56.2 Å². The molecule has 0 radical (unpaired) electrons. The van der Waals surface area contributed by atoms with E-state index in [0.29, 0.717) is 48.7 Å². The van der Waals surface area contributed by atoms with Gasteiger partial charge < -0.3 is 30.1 Å². The second-order valence-corrected chi connectivity index (χ2v) is 9.31. The standard InChI is InChI=1S/C24H32FN3O6/c1-14(2)34-22-4-3-15(25)9-19(22)27-7-5-26(6-8-27)12-16(29)13-28-23(32)17-10-20(30)21(31)11-18(17)24(28)33/h3-4,9,14,20-21,30-33H,5-8,10-13H2,1-2H3. The first-order valence-corrected chi connectivity index (χ1v) is 11.6. The number of fused-ring (bicyclic) bond motifs is 1. The van der Waals surface area contributed by atoms with Crippen LogP contribution in [-0.2, 0) is 24.2 Å². The van der Waals surface area contributed by atoms with Crippen LogP contribution in [0.4, 0.5) is 10.1 Å². The summed E-state index contributed by atoms with van der Waals surface area (Å²) in [5, 5.41) is 40.7. The number of piperazine rings is 1. The number of Topliss-reactive ketones (excluding diaryl/α,β-unsaturated/α-hetero) is 1. The predicted octanol–water partition coefficient (Wildman–Crippen LogP) is 1.04. The highest BCUT2D eigenvalue weighted by Crippen LogP contribution is 2.39. The van der Waals surface area contributed by atoms with Crippen LogP contribution in [0.15, 0.2) is 18.2 Å². The summed E-state index contributed by atoms with van der Waals surface area (Å²) in [4.78, 5) is 16.7. The second-order valence-electron chi connectivity index (χ2n) is 9.31. The molecule has 0 bridgehead atoms. The molecule has 1 fully saturated rings. The van der Waals surface area contributed by atoms with Crippen LogP contribution in [0.25, 0.3) is 0 Å². The first-order valence-electron chi connectivity index (χ1n) is 11.6. The second kappa shape index (κ2) is 9.81. The molecule has 186 valence electrons. The molecule has 1 saturated heterocycles. The molecule has 1 aromatic heterocycles. The topological polar surface area (TPSA) is 119 Å². The number of aromatic hydroxyl groups is 2. The van der Waals surface area contributed by atoms with E-state index >= 15 is 0 Å². The van der Waals surface area contributed by atoms with Crippen LogP contribution in [0.1, 0.15) is 25.0 Å². The summed E-state index contributed by atoms with van der Waals surface area (Å²) in [6.07, 6.45) is -2.05. The van der Waals surface area contributed by atoms with Gasteiger partial charge in [0.15, 0.2) is 17.5 Å². The fourth-order valence-corrected chi connectivity index (χ4v) is 4.68. The first kappa shape index (κ1) is 24.3. The molecule has 1 aliphatic carbocycles. The molecule has 4 N–H and O–H groups in total. The Kier molecular flexibility index (Phi) is 7.01. The van der Waals surface area contributed by atoms with Crippen LogP contribution >= 0.6 is 0 Å². The van der Waals surface area contributed by atoms with Gasteiger partial charge >= 0.3 is 0 Å². The zero-order valence-corrected chi connectivity index (χ0v) is 19.4. The summed E-state index contributed by atoms with van der Waals surface area (Å²) < 4.78 is 20.8. The third kappa shape index (κ3) is 4.98. The van der Waals surface area contributed by atoms with Crippen molar-refractivity contribution in [1.82, 2.24) is 9.47 Å². The van der Waals surface area contributed by atoms with Crippen molar-refractivity contribution in [3.63, 3.8) is 0 Å². The maximum absolute atomic E-state index is 13.9. The third-order valence-electron chi connectivity index (χ3n) is 6.42. The Labute approximate surface area is 197 Å². The van der Waals surface area contributed by atoms with Gasteiger partial charge in [-0.3, -0.25) is 14.3 Å². The summed E-state index contributed by atoms with van der Waals surface area (Å²) >= 11 is 0. The highest BCUT2D eigenvalue weighted by Gasteiger charge is 2.34. The molecule has 2 aromatic rings. The fraction of sp³-hybridized carbons (Fsp3) is 0.542. The number of carbonyl (C=O) groups is 1. The van der Waals surface area contributed by atoms with Gasteiger partial charge in [0.05, 0.1) is 37.1 Å². The highest BCUT2D eigenvalue weighted by atomic mass is 19.1. The molecule has 2 aliphatic rings. The number of benzene rings is 1. The Morgan fingerprint density at radius 1 is 1.03 bits per heavy atom. The summed E-state index contributed by atoms with van der Waals surface area (Å²) in [5.74, 6) is -0.403. The lowest BCUT2D eigenvalue weighted by atomic mass is 9.90. The minimum absolute atomic E-state index is 0.0155. The number of ether oxygens (including phenoxy) is 1. The summed E-state index contributed by atoms with van der Waals surface area (Å²) in [6.45, 7) is 6.11. The van der Waals surface area contributed by atoms with Crippen LogP contribution in [0.5, 0.6) is 17.5 Å². The molecular formula is C24H32FN3O6. The van der Waals surface area contributed by atoms with Gasteiger partial charge in [-0.15, -0.1) is 0 Å². The van der Waals surface area contributed by atoms with Crippen molar-refractivity contribution in [2.24, 2.45) is 0 Å². The molecule has 4 rings (SSSR count). The molecule has 0 spiro atoms. The molecule has 2 heterocycles. The monoisotopic (exact) mass is 477 g/mol. The number of carbonyl (C=O) groups excluding carboxylic acids is 1. The van der Waals surface area contributed by atoms with E-state index in [1.54, 1.807) is 6.07 Å². The minimum atomic E-state index is -1.02. The molecule has 1 aliphatic heterocycles. The van der Waals surface area contributed by atoms with Crippen molar-refractivity contribution in [1.29, 1.82) is 0 Å². The molecule has 0 amide bonds. The molecule has 2 unspecified atom stereocenters. The van der Waals surface area contributed by atoms with Crippen molar-refractivity contribution >= 4 is 11.5 Å². The lowest BCUT2D eigenvalue weighted by Crippen LogP contribution is -2.48. The number of aromatic nitrogens is 1. The van der Waals surface area contributed by atoms with Crippen LogP contribution in [-0.4, -0.2) is 86.7 Å². The van der Waals surface area contributed by atoms with E-state index in [4.69, 9.17) is 4.74 Å². The molecular weight excluding hydrogens is 445 g/mol. The Balaban J connectivity index is 1.37. The molecule has 2 atom stereocenters. The van der Waals surface area contributed by atoms with E-state index in [0.717, 1.165) is 4.57 Å². The largest absolute Gasteiger partial charge is 0.494 e. The van der Waals surface area contributed by atoms with E-state index in [2.05, 4.69) is 0 Å². The number of rotatable bonds is 7. The number of nitrogens with zero attached hydrogens (tertiary/aromatic N) is 3. The van der Waals surface area contributed by atoms with Gasteiger partial charge in [0.1, 0.15) is 11.6 Å². The molecule has 1 aromatic carbocycles. The number of ketones is 1. The Morgan fingerprint density at radius 2 is 1.62 bits per heavy atom. The van der Waals surface area contributed by atoms with E-state index in [9.17, 15) is 29.6 Å². The van der Waals surface area contributed by atoms with Crippen LogP contribution < -0.4 is 9.64 Å². The van der Waals surface area contributed by atoms with Gasteiger partial charge in [-0.05, 0) is 26.0 Å². The number of hydrogen-bond acceptors (Lipinski definition) is 8. The maximum atomic E-state index is 13.9. The van der Waals surface area contributed by atoms with Crippen molar-refractivity contribution in [3.05, 3.63) is 35.1 Å². The molecule has 10 heteroatoms. The van der Waals surface area contributed by atoms with Crippen LogP contribution in [0, 0.1) is 5.82 Å². The zero-order chi connectivity index (χ0) is 24.6. The number of aliphatic hydroxyl groups is 2. The number of anilines is 1. The smallest absolute Gasteiger partial charge is 0.197 e. The fourth-order valence-electron chi connectivity index (χ4n) is 4.68. The lowest BCUT2D eigenvalue weighted by Gasteiger charge is -2.36. The minimum Gasteiger partial charge on any atom is -0.494 e. The normalized spacial score (nSPS) is 21.1. The van der Waals surface area contributed by atoms with Gasteiger partial charge in [-0.1, -0.05) is 0 Å². The lowest BCUT2D eigenvalue weighted by molar-refractivity contribution is -0.121. The van der Waals surface area contributed by atoms with E-state index in [1.807, 2.05) is 23.6 Å². The van der Waals surface area contributed by atoms with Crippen molar-refractivity contribution in [2.45, 2.75) is 51.5 Å². The van der Waals surface area contributed by atoms with E-state index in [1.165, 1.54) is 12.1 Å². The van der Waals surface area contributed by atoms with Gasteiger partial charge in [0.25, 0.3) is 0 Å². The summed E-state index contributed by atoms with van der Waals surface area (Å²) in [6, 6.07) is 4.47. The van der Waals surface area contributed by atoms with Crippen LogP contribution in [0.3, 0.4) is 0 Å². The van der Waals surface area contributed by atoms with Gasteiger partial charge in [0.2, 0.25) is 0 Å². The van der Waals surface area contributed by atoms with Crippen molar-refractivity contribution in [3.8, 4) is 17.5 Å². The average Bonchev–Trinajstić information content (AvgIpc) is 3.00. The quantitative estimate of drug-likeness (QED) is 0.467. The van der Waals surface area contributed by atoms with Gasteiger partial charge in [-0.25, -0.2) is 4.39 Å². The summed E-state index contributed by atoms with van der Waals surface area (Å²) in [5.41, 5.74) is 1.43. The Morgan fingerprint density at radius 3 is 2.18 bits per heavy atom. The number of hydrogen-bond donors (Lipinski definition) is 4. The first-order chi connectivity index (χ1) is 16.1. The Hall–Kier alpha value is -2.82. The van der Waals surface area contributed by atoms with Crippen molar-refractivity contribution in [2.75, 3.05) is 37.6 Å². The number of aliphatic hydroxyl groups excluding tert-OH is 2. The van der Waals surface area contributed by atoms with Crippen molar-refractivity contribution < 1.29 is 34.3 Å². The Bertz CT molecular complexity index is 1010. The van der Waals surface area contributed by atoms with Gasteiger partial charge in [-0.2, -0.15) is 0 Å². The molecule has 0 saturated carbocycles. The zero-order valence-electron chi connectivity index (χ0n) is 19.4. The molecule has 34 heavy (non-hydrogen) atoms. The predicted molar refractivity (Wildman–Crippen MR) is 123 cm³/mol. The summed E-state index contributed by atoms with van der Waals surface area (Å²) in [7, 11) is 0. The van der Waals surface area contributed by atoms with E-state index in [-0.39, 0.29) is 55.4 Å². The highest BCUT2D eigenvalue weighted by molar-refractivity contribution is 5.81. The average molecular weight is 478 g/mol. The number of halogens is 1. The van der Waals surface area contributed by atoms with Crippen LogP contribution in [0.2, 0.25) is 0 Å².